The molecule has 0 amide bonds. The minimum absolute atomic E-state index is 0.00132. The highest BCUT2D eigenvalue weighted by Crippen LogP contribution is 2.33. The molecule has 0 heterocycles. The van der Waals surface area contributed by atoms with E-state index in [0.29, 0.717) is 23.0 Å². The van der Waals surface area contributed by atoms with Crippen LogP contribution in [-0.2, 0) is 31.0 Å². The van der Waals surface area contributed by atoms with E-state index in [2.05, 4.69) is 40.2 Å². The topological polar surface area (TPSA) is 105 Å². The molecule has 0 saturated heterocycles. The van der Waals surface area contributed by atoms with Gasteiger partial charge in [0, 0.05) is 5.41 Å². The quantitative estimate of drug-likeness (QED) is 0.0860. The van der Waals surface area contributed by atoms with Gasteiger partial charge in [-0.05, 0) is 102 Å². The summed E-state index contributed by atoms with van der Waals surface area (Å²) in [7, 11) is 0. The third-order valence-electron chi connectivity index (χ3n) is 7.84. The van der Waals surface area contributed by atoms with Gasteiger partial charge in [0.05, 0.1) is 0 Å². The fourth-order valence-electron chi connectivity index (χ4n) is 4.60. The standard InChI is InChI=1S/C23H24O4.C21H20O4/c1-5-19(24)15-26-21-11-7-17(8-12-21)23(3,4)18-9-13-22(14-10-18)27-16-20(25)6-2;1-3-18(22)14-24-20-9-5-16(6-10-20)13-17-7-11-21(12-8-17)25-15-19(23)4-2/h5-14H,1-2,15-16H2,3-4H3;3-12H,1-2,13-15H2. The molecule has 4 rings (SSSR count). The molecule has 0 aliphatic carbocycles. The number of hydrogen-bond acceptors (Lipinski definition) is 8. The van der Waals surface area contributed by atoms with Crippen molar-refractivity contribution in [2.45, 2.75) is 25.7 Å². The Hall–Kier alpha value is -6.28. The molecule has 4 aromatic carbocycles. The monoisotopic (exact) mass is 700 g/mol. The number of carbonyl (C=O) groups is 4. The zero-order valence-corrected chi connectivity index (χ0v) is 29.7. The fourth-order valence-corrected chi connectivity index (χ4v) is 4.60. The molecule has 0 unspecified atom stereocenters. The molecule has 0 N–H and O–H groups in total. The van der Waals surface area contributed by atoms with Crippen molar-refractivity contribution in [1.82, 2.24) is 0 Å². The van der Waals surface area contributed by atoms with Gasteiger partial charge >= 0.3 is 0 Å². The zero-order valence-electron chi connectivity index (χ0n) is 29.7. The van der Waals surface area contributed by atoms with Crippen LogP contribution >= 0.6 is 0 Å². The van der Waals surface area contributed by atoms with Crippen LogP contribution in [0.1, 0.15) is 36.1 Å². The second kappa shape index (κ2) is 20.4. The minimum Gasteiger partial charge on any atom is -0.485 e. The van der Waals surface area contributed by atoms with E-state index in [9.17, 15) is 19.2 Å². The minimum atomic E-state index is -0.231. The molecule has 4 aromatic rings. The number of hydrogen-bond donors (Lipinski definition) is 0. The van der Waals surface area contributed by atoms with Crippen LogP contribution in [0.4, 0.5) is 0 Å². The smallest absolute Gasteiger partial charge is 0.192 e. The highest BCUT2D eigenvalue weighted by molar-refractivity contribution is 5.91. The van der Waals surface area contributed by atoms with Gasteiger partial charge in [0.15, 0.2) is 49.6 Å². The van der Waals surface area contributed by atoms with Gasteiger partial charge in [-0.3, -0.25) is 19.2 Å². The third kappa shape index (κ3) is 13.2. The number of benzene rings is 4. The molecule has 0 aromatic heterocycles. The van der Waals surface area contributed by atoms with Crippen LogP contribution in [-0.4, -0.2) is 49.6 Å². The van der Waals surface area contributed by atoms with Gasteiger partial charge in [0.25, 0.3) is 0 Å². The maximum absolute atomic E-state index is 11.2. The molecular formula is C44H44O8. The molecule has 0 aliphatic heterocycles. The SMILES string of the molecule is C=CC(=O)COc1ccc(C(C)(C)c2ccc(OCC(=O)C=C)cc2)cc1.C=CC(=O)COc1ccc(Cc2ccc(OCC(=O)C=C)cc2)cc1. The molecular weight excluding hydrogens is 656 g/mol. The van der Waals surface area contributed by atoms with Crippen molar-refractivity contribution < 1.29 is 38.1 Å². The molecule has 0 spiro atoms. The van der Waals surface area contributed by atoms with Gasteiger partial charge in [0.1, 0.15) is 23.0 Å². The molecule has 0 bridgehead atoms. The van der Waals surface area contributed by atoms with E-state index < -0.39 is 0 Å². The Balaban J connectivity index is 0.000000281. The average Bonchev–Trinajstić information content (AvgIpc) is 3.18. The molecule has 0 fully saturated rings. The number of rotatable bonds is 20. The normalized spacial score (nSPS) is 10.3. The van der Waals surface area contributed by atoms with Crippen LogP contribution in [0.5, 0.6) is 23.0 Å². The van der Waals surface area contributed by atoms with Crippen molar-refractivity contribution in [2.24, 2.45) is 0 Å². The van der Waals surface area contributed by atoms with E-state index >= 15 is 0 Å². The van der Waals surface area contributed by atoms with Gasteiger partial charge < -0.3 is 18.9 Å². The van der Waals surface area contributed by atoms with E-state index in [1.54, 1.807) is 0 Å². The fraction of sp³-hybridized carbons (Fsp3) is 0.182. The van der Waals surface area contributed by atoms with Gasteiger partial charge in [0.2, 0.25) is 0 Å². The Morgan fingerprint density at radius 3 is 0.904 bits per heavy atom. The summed E-state index contributed by atoms with van der Waals surface area (Å²) in [6, 6.07) is 30.5. The van der Waals surface area contributed by atoms with Crippen molar-refractivity contribution >= 4 is 23.1 Å². The van der Waals surface area contributed by atoms with Crippen LogP contribution in [0.15, 0.2) is 148 Å². The summed E-state index contributed by atoms with van der Waals surface area (Å²) < 4.78 is 21.6. The number of ketones is 4. The Morgan fingerprint density at radius 2 is 0.673 bits per heavy atom. The molecule has 52 heavy (non-hydrogen) atoms. The van der Waals surface area contributed by atoms with Crippen LogP contribution < -0.4 is 18.9 Å². The predicted molar refractivity (Wildman–Crippen MR) is 203 cm³/mol. The van der Waals surface area contributed by atoms with Crippen molar-refractivity contribution in [2.75, 3.05) is 26.4 Å². The summed E-state index contributed by atoms with van der Waals surface area (Å²) >= 11 is 0. The van der Waals surface area contributed by atoms with Crippen molar-refractivity contribution in [3.63, 3.8) is 0 Å². The highest BCUT2D eigenvalue weighted by Gasteiger charge is 2.23. The summed E-state index contributed by atoms with van der Waals surface area (Å²) in [5.41, 5.74) is 4.24. The Kier molecular flexibility index (Phi) is 15.8. The van der Waals surface area contributed by atoms with Gasteiger partial charge in [-0.1, -0.05) is 88.7 Å². The molecule has 0 atom stereocenters. The van der Waals surface area contributed by atoms with E-state index in [1.165, 1.54) is 24.3 Å². The maximum Gasteiger partial charge on any atom is 0.192 e. The molecule has 0 aliphatic rings. The van der Waals surface area contributed by atoms with E-state index in [0.717, 1.165) is 28.7 Å². The molecule has 0 saturated carbocycles. The van der Waals surface area contributed by atoms with E-state index in [-0.39, 0.29) is 55.0 Å². The second-order valence-electron chi connectivity index (χ2n) is 12.0. The first kappa shape index (κ1) is 40.2. The van der Waals surface area contributed by atoms with Gasteiger partial charge in [-0.2, -0.15) is 0 Å². The van der Waals surface area contributed by atoms with E-state index in [4.69, 9.17) is 18.9 Å². The van der Waals surface area contributed by atoms with Gasteiger partial charge in [-0.25, -0.2) is 0 Å². The lowest BCUT2D eigenvalue weighted by molar-refractivity contribution is -0.117. The van der Waals surface area contributed by atoms with Crippen LogP contribution in [0.3, 0.4) is 0 Å². The summed E-state index contributed by atoms with van der Waals surface area (Å²) in [4.78, 5) is 44.8. The first-order chi connectivity index (χ1) is 25.0. The Bertz CT molecular complexity index is 1700. The zero-order chi connectivity index (χ0) is 37.9. The molecule has 8 nitrogen and oxygen atoms in total. The van der Waals surface area contributed by atoms with Crippen molar-refractivity contribution in [3.8, 4) is 23.0 Å². The lowest BCUT2D eigenvalue weighted by Gasteiger charge is -2.26. The number of carbonyl (C=O) groups excluding carboxylic acids is 4. The summed E-state index contributed by atoms with van der Waals surface area (Å²) in [6.45, 7) is 17.9. The molecule has 0 radical (unpaired) electrons. The molecule has 268 valence electrons. The van der Waals surface area contributed by atoms with Crippen molar-refractivity contribution in [3.05, 3.63) is 170 Å². The Labute approximate surface area is 305 Å². The lowest BCUT2D eigenvalue weighted by Crippen LogP contribution is -2.19. The largest absolute Gasteiger partial charge is 0.485 e. The highest BCUT2D eigenvalue weighted by atomic mass is 16.5. The van der Waals surface area contributed by atoms with Crippen LogP contribution in [0.25, 0.3) is 0 Å². The second-order valence-corrected chi connectivity index (χ2v) is 12.0. The summed E-state index contributed by atoms with van der Waals surface area (Å²) in [6.07, 6.45) is 5.75. The number of ether oxygens (including phenoxy) is 4. The average molecular weight is 701 g/mol. The third-order valence-corrected chi connectivity index (χ3v) is 7.84. The first-order valence-electron chi connectivity index (χ1n) is 16.5. The van der Waals surface area contributed by atoms with Gasteiger partial charge in [-0.15, -0.1) is 0 Å². The van der Waals surface area contributed by atoms with E-state index in [1.807, 2.05) is 97.1 Å². The first-order valence-corrected chi connectivity index (χ1v) is 16.5. The van der Waals surface area contributed by atoms with Crippen molar-refractivity contribution in [1.29, 1.82) is 0 Å². The predicted octanol–water partition coefficient (Wildman–Crippen LogP) is 7.83. The Morgan fingerprint density at radius 1 is 0.442 bits per heavy atom. The van der Waals surface area contributed by atoms with Crippen LogP contribution in [0.2, 0.25) is 0 Å². The van der Waals surface area contributed by atoms with Crippen LogP contribution in [0, 0.1) is 0 Å². The maximum atomic E-state index is 11.2. The lowest BCUT2D eigenvalue weighted by atomic mass is 9.78. The summed E-state index contributed by atoms with van der Waals surface area (Å²) in [5, 5.41) is 0. The molecule has 8 heteroatoms. The summed E-state index contributed by atoms with van der Waals surface area (Å²) in [5.74, 6) is 1.96.